The predicted octanol–water partition coefficient (Wildman–Crippen LogP) is -1.09. The summed E-state index contributed by atoms with van der Waals surface area (Å²) < 4.78 is 11.2. The maximum Gasteiger partial charge on any atom is 0.223 e. The van der Waals surface area contributed by atoms with Crippen molar-refractivity contribution in [3.05, 3.63) is 6.07 Å². The van der Waals surface area contributed by atoms with E-state index in [4.69, 9.17) is 11.6 Å². The van der Waals surface area contributed by atoms with Crippen molar-refractivity contribution in [3.63, 3.8) is 0 Å². The number of aromatic nitrogens is 2. The molecule has 88 valence electrons. The smallest absolute Gasteiger partial charge is 0.223 e. The Morgan fingerprint density at radius 2 is 2.06 bits per heavy atom. The van der Waals surface area contributed by atoms with E-state index in [1.807, 2.05) is 4.90 Å². The zero-order valence-corrected chi connectivity index (χ0v) is 9.54. The van der Waals surface area contributed by atoms with Crippen molar-refractivity contribution in [2.24, 2.45) is 5.84 Å². The highest BCUT2D eigenvalue weighted by Gasteiger charge is 2.17. The lowest BCUT2D eigenvalue weighted by molar-refractivity contribution is 0.672. The summed E-state index contributed by atoms with van der Waals surface area (Å²) >= 11 is 0. The molecule has 1 aromatic rings. The van der Waals surface area contributed by atoms with Gasteiger partial charge in [-0.15, -0.1) is 0 Å². The average molecular weight is 242 g/mol. The van der Waals surface area contributed by atoms with Gasteiger partial charge in [-0.3, -0.25) is 4.21 Å². The normalized spacial score (nSPS) is 17.4. The first-order valence-electron chi connectivity index (χ1n) is 4.90. The quantitative estimate of drug-likeness (QED) is 0.446. The van der Waals surface area contributed by atoms with Crippen LogP contribution in [0.1, 0.15) is 0 Å². The first-order valence-corrected chi connectivity index (χ1v) is 6.39. The number of nitrogens with one attached hydrogen (secondary N) is 1. The summed E-state index contributed by atoms with van der Waals surface area (Å²) in [6, 6.07) is 1.73. The number of hydrogen-bond donors (Lipinski definition) is 3. The van der Waals surface area contributed by atoms with Crippen LogP contribution in [-0.2, 0) is 10.8 Å². The van der Waals surface area contributed by atoms with Gasteiger partial charge in [0.25, 0.3) is 0 Å². The lowest BCUT2D eigenvalue weighted by Gasteiger charge is -2.27. The molecule has 0 radical (unpaired) electrons. The Hall–Kier alpha value is -1.41. The minimum Gasteiger partial charge on any atom is -0.368 e. The molecule has 16 heavy (non-hydrogen) atoms. The molecule has 0 aliphatic carbocycles. The molecule has 1 fully saturated rings. The summed E-state index contributed by atoms with van der Waals surface area (Å²) in [5.74, 6) is 7.98. The first-order chi connectivity index (χ1) is 7.69. The molecule has 2 heterocycles. The highest BCUT2D eigenvalue weighted by atomic mass is 32.2. The van der Waals surface area contributed by atoms with E-state index in [0.717, 1.165) is 5.82 Å². The fourth-order valence-electron chi connectivity index (χ4n) is 1.56. The molecule has 0 bridgehead atoms. The minimum absolute atomic E-state index is 0.178. The van der Waals surface area contributed by atoms with Crippen LogP contribution in [0.25, 0.3) is 0 Å². The van der Waals surface area contributed by atoms with Gasteiger partial charge >= 0.3 is 0 Å². The van der Waals surface area contributed by atoms with E-state index < -0.39 is 10.8 Å². The van der Waals surface area contributed by atoms with Gasteiger partial charge in [0, 0.05) is 41.5 Å². The van der Waals surface area contributed by atoms with Crippen LogP contribution in [0.4, 0.5) is 17.6 Å². The highest BCUT2D eigenvalue weighted by Crippen LogP contribution is 2.17. The van der Waals surface area contributed by atoms with E-state index >= 15 is 0 Å². The van der Waals surface area contributed by atoms with Crippen molar-refractivity contribution in [1.29, 1.82) is 0 Å². The van der Waals surface area contributed by atoms with Crippen LogP contribution < -0.4 is 21.9 Å². The van der Waals surface area contributed by atoms with Crippen molar-refractivity contribution in [2.75, 3.05) is 40.7 Å². The van der Waals surface area contributed by atoms with Crippen LogP contribution in [0.2, 0.25) is 0 Å². The summed E-state index contributed by atoms with van der Waals surface area (Å²) in [6.07, 6.45) is 0. The molecule has 1 aliphatic rings. The zero-order valence-electron chi connectivity index (χ0n) is 8.72. The number of hydrazine groups is 1. The summed E-state index contributed by atoms with van der Waals surface area (Å²) in [5.41, 5.74) is 8.00. The van der Waals surface area contributed by atoms with Crippen molar-refractivity contribution >= 4 is 28.4 Å². The Balaban J connectivity index is 2.19. The van der Waals surface area contributed by atoms with Crippen molar-refractivity contribution in [2.45, 2.75) is 0 Å². The highest BCUT2D eigenvalue weighted by molar-refractivity contribution is 7.85. The van der Waals surface area contributed by atoms with Gasteiger partial charge in [-0.2, -0.15) is 9.97 Å². The third-order valence-electron chi connectivity index (χ3n) is 2.38. The molecule has 8 heteroatoms. The summed E-state index contributed by atoms with van der Waals surface area (Å²) in [5, 5.41) is 0. The van der Waals surface area contributed by atoms with E-state index in [2.05, 4.69) is 15.4 Å². The molecule has 7 nitrogen and oxygen atoms in total. The summed E-state index contributed by atoms with van der Waals surface area (Å²) in [6.45, 7) is 1.43. The molecule has 0 aromatic carbocycles. The van der Waals surface area contributed by atoms with Crippen LogP contribution >= 0.6 is 0 Å². The van der Waals surface area contributed by atoms with E-state index in [-0.39, 0.29) is 5.95 Å². The zero-order chi connectivity index (χ0) is 11.5. The SMILES string of the molecule is NNc1cc(N2CCS(=O)CC2)nc(N)n1. The van der Waals surface area contributed by atoms with Crippen LogP contribution in [0.5, 0.6) is 0 Å². The molecular formula is C8H14N6OS. The second-order valence-corrected chi connectivity index (χ2v) is 5.15. The maximum absolute atomic E-state index is 11.2. The van der Waals surface area contributed by atoms with Crippen molar-refractivity contribution < 1.29 is 4.21 Å². The second kappa shape index (κ2) is 4.62. The fraction of sp³-hybridized carbons (Fsp3) is 0.500. The maximum atomic E-state index is 11.2. The molecule has 0 unspecified atom stereocenters. The van der Waals surface area contributed by atoms with Crippen LogP contribution in [-0.4, -0.2) is 38.8 Å². The molecule has 2 rings (SSSR count). The van der Waals surface area contributed by atoms with Gasteiger partial charge in [-0.05, 0) is 0 Å². The third-order valence-corrected chi connectivity index (χ3v) is 3.66. The minimum atomic E-state index is -0.704. The Morgan fingerprint density at radius 3 is 2.69 bits per heavy atom. The monoisotopic (exact) mass is 242 g/mol. The Labute approximate surface area is 95.7 Å². The van der Waals surface area contributed by atoms with E-state index in [1.165, 1.54) is 0 Å². The van der Waals surface area contributed by atoms with Crippen LogP contribution in [0.3, 0.4) is 0 Å². The standard InChI is InChI=1S/C8H14N6OS/c9-8-11-6(13-10)5-7(12-8)14-1-3-16(15)4-2-14/h5H,1-4,10H2,(H3,9,11,12,13). The van der Waals surface area contributed by atoms with Gasteiger partial charge in [-0.25, -0.2) is 5.84 Å². The Morgan fingerprint density at radius 1 is 1.38 bits per heavy atom. The van der Waals surface area contributed by atoms with Gasteiger partial charge in [0.05, 0.1) is 0 Å². The van der Waals surface area contributed by atoms with Gasteiger partial charge in [-0.1, -0.05) is 0 Å². The number of nitrogens with zero attached hydrogens (tertiary/aromatic N) is 3. The van der Waals surface area contributed by atoms with E-state index in [1.54, 1.807) is 6.07 Å². The summed E-state index contributed by atoms with van der Waals surface area (Å²) in [4.78, 5) is 10.1. The molecular weight excluding hydrogens is 228 g/mol. The van der Waals surface area contributed by atoms with Crippen molar-refractivity contribution in [1.82, 2.24) is 9.97 Å². The molecule has 0 amide bonds. The second-order valence-electron chi connectivity index (χ2n) is 3.45. The van der Waals surface area contributed by atoms with E-state index in [9.17, 15) is 4.21 Å². The molecule has 0 saturated carbocycles. The number of nitrogen functional groups attached to an aromatic ring is 2. The molecule has 1 aromatic heterocycles. The largest absolute Gasteiger partial charge is 0.368 e. The number of nitrogens with two attached hydrogens (primary N) is 2. The summed E-state index contributed by atoms with van der Waals surface area (Å²) in [7, 11) is -0.704. The molecule has 0 spiro atoms. The van der Waals surface area contributed by atoms with Gasteiger partial charge < -0.3 is 16.1 Å². The molecule has 1 saturated heterocycles. The van der Waals surface area contributed by atoms with E-state index in [0.29, 0.717) is 30.4 Å². The Bertz CT molecular complexity index is 402. The van der Waals surface area contributed by atoms with Gasteiger partial charge in [0.1, 0.15) is 11.6 Å². The molecule has 1 aliphatic heterocycles. The number of hydrogen-bond acceptors (Lipinski definition) is 7. The number of rotatable bonds is 2. The lowest BCUT2D eigenvalue weighted by atomic mass is 10.4. The van der Waals surface area contributed by atoms with Crippen LogP contribution in [0, 0.1) is 0 Å². The predicted molar refractivity (Wildman–Crippen MR) is 64.3 cm³/mol. The van der Waals surface area contributed by atoms with Crippen LogP contribution in [0.15, 0.2) is 6.07 Å². The molecule has 5 N–H and O–H groups in total. The lowest BCUT2D eigenvalue weighted by Crippen LogP contribution is -2.38. The van der Waals surface area contributed by atoms with Gasteiger partial charge in [0.15, 0.2) is 0 Å². The molecule has 0 atom stereocenters. The van der Waals surface area contributed by atoms with Gasteiger partial charge in [0.2, 0.25) is 5.95 Å². The fourth-order valence-corrected chi connectivity index (χ4v) is 2.61. The number of anilines is 3. The Kier molecular flexibility index (Phi) is 3.20. The topological polar surface area (TPSA) is 110 Å². The third kappa shape index (κ3) is 2.39. The average Bonchev–Trinajstić information content (AvgIpc) is 2.29. The van der Waals surface area contributed by atoms with Crippen molar-refractivity contribution in [3.8, 4) is 0 Å². The first kappa shape index (κ1) is 11.1.